The predicted molar refractivity (Wildman–Crippen MR) is 96.1 cm³/mol. The van der Waals surface area contributed by atoms with E-state index in [2.05, 4.69) is 10.1 Å². The summed E-state index contributed by atoms with van der Waals surface area (Å²) in [5, 5.41) is 11.8. The average Bonchev–Trinajstić information content (AvgIpc) is 2.64. The monoisotopic (exact) mass is 448 g/mol. The molecule has 0 aromatic heterocycles. The number of nitrogens with one attached hydrogen (secondary N) is 1. The van der Waals surface area contributed by atoms with Crippen molar-refractivity contribution in [3.63, 3.8) is 0 Å². The molecule has 0 fully saturated rings. The number of carbonyl (C=O) groups is 1. The van der Waals surface area contributed by atoms with Crippen molar-refractivity contribution in [2.24, 2.45) is 11.8 Å². The largest absolute Gasteiger partial charge is 0.573 e. The molecule has 0 bridgehead atoms. The lowest BCUT2D eigenvalue weighted by Gasteiger charge is -2.28. The number of ether oxygens (including phenoxy) is 2. The molecule has 1 aromatic carbocycles. The lowest BCUT2D eigenvalue weighted by molar-refractivity contribution is -0.303. The molecule has 1 aliphatic rings. The predicted octanol–water partition coefficient (Wildman–Crippen LogP) is 4.73. The number of hydrogen-bond acceptors (Lipinski definition) is 4. The molecule has 0 radical (unpaired) electrons. The molecule has 0 saturated carbocycles. The van der Waals surface area contributed by atoms with Gasteiger partial charge in [0.1, 0.15) is 18.1 Å². The summed E-state index contributed by atoms with van der Waals surface area (Å²) in [6.07, 6.45) is -6.27. The lowest BCUT2D eigenvalue weighted by atomic mass is 9.88. The fourth-order valence-corrected chi connectivity index (χ4v) is 2.82. The third-order valence-corrected chi connectivity index (χ3v) is 4.35. The fourth-order valence-electron chi connectivity index (χ4n) is 2.82. The van der Waals surface area contributed by atoms with E-state index in [0.29, 0.717) is 0 Å². The van der Waals surface area contributed by atoms with Crippen LogP contribution >= 0.6 is 0 Å². The van der Waals surface area contributed by atoms with Gasteiger partial charge in [0.25, 0.3) is 0 Å². The number of halogens is 6. The summed E-state index contributed by atoms with van der Waals surface area (Å²) >= 11 is 0. The van der Waals surface area contributed by atoms with Crippen LogP contribution in [-0.4, -0.2) is 24.4 Å². The summed E-state index contributed by atoms with van der Waals surface area (Å²) in [6, 6.07) is 6.19. The molecule has 1 amide bonds. The third-order valence-electron chi connectivity index (χ3n) is 4.35. The number of carbonyl (C=O) groups excluding carboxylic acids is 1. The molecule has 0 aliphatic heterocycles. The van der Waals surface area contributed by atoms with Gasteiger partial charge in [-0.2, -0.15) is 18.4 Å². The standard InChI is InChI=1S/C20H18F6N2O3/c1-12-9-13(31-20(24,25)26)7-8-14(12)17(29)28-18(2,10-27)11-30-16-6-4-3-5-15(16)19(21,22)23/h3-9,12,14H,11H2,1-2H3,(H,28,29). The maximum absolute atomic E-state index is 13.1. The Morgan fingerprint density at radius 1 is 1.19 bits per heavy atom. The first kappa shape index (κ1) is 24.1. The van der Waals surface area contributed by atoms with E-state index >= 15 is 0 Å². The number of alkyl halides is 6. The first-order chi connectivity index (χ1) is 14.2. The lowest BCUT2D eigenvalue weighted by Crippen LogP contribution is -2.51. The summed E-state index contributed by atoms with van der Waals surface area (Å²) in [5.74, 6) is -3.30. The maximum atomic E-state index is 13.1. The van der Waals surface area contributed by atoms with Crippen LogP contribution in [0, 0.1) is 23.2 Å². The third kappa shape index (κ3) is 6.67. The van der Waals surface area contributed by atoms with Crippen molar-refractivity contribution in [1.29, 1.82) is 5.26 Å². The zero-order chi connectivity index (χ0) is 23.4. The van der Waals surface area contributed by atoms with Crippen molar-refractivity contribution >= 4 is 5.91 Å². The molecule has 1 aliphatic carbocycles. The van der Waals surface area contributed by atoms with Crippen LogP contribution in [-0.2, 0) is 15.7 Å². The van der Waals surface area contributed by atoms with Crippen LogP contribution < -0.4 is 10.1 Å². The molecular formula is C20H18F6N2O3. The van der Waals surface area contributed by atoms with Crippen molar-refractivity contribution in [3.8, 4) is 11.8 Å². The Balaban J connectivity index is 2.07. The quantitative estimate of drug-likeness (QED) is 0.639. The molecule has 168 valence electrons. The highest BCUT2D eigenvalue weighted by Crippen LogP contribution is 2.36. The highest BCUT2D eigenvalue weighted by molar-refractivity contribution is 5.82. The Morgan fingerprint density at radius 3 is 2.39 bits per heavy atom. The van der Waals surface area contributed by atoms with Crippen molar-refractivity contribution in [2.75, 3.05) is 6.61 Å². The number of rotatable bonds is 6. The molecule has 1 aromatic rings. The number of hydrogen-bond donors (Lipinski definition) is 1. The minimum Gasteiger partial charge on any atom is -0.489 e. The van der Waals surface area contributed by atoms with Crippen molar-refractivity contribution in [2.45, 2.75) is 31.9 Å². The van der Waals surface area contributed by atoms with Crippen LogP contribution in [0.25, 0.3) is 0 Å². The average molecular weight is 448 g/mol. The Labute approximate surface area is 173 Å². The molecule has 0 spiro atoms. The van der Waals surface area contributed by atoms with E-state index in [1.807, 2.05) is 0 Å². The van der Waals surface area contributed by atoms with Gasteiger partial charge in [0, 0.05) is 0 Å². The van der Waals surface area contributed by atoms with Crippen LogP contribution in [0.1, 0.15) is 19.4 Å². The number of amides is 1. The van der Waals surface area contributed by atoms with Gasteiger partial charge < -0.3 is 14.8 Å². The number of nitriles is 1. The molecule has 5 nitrogen and oxygen atoms in total. The van der Waals surface area contributed by atoms with Crippen LogP contribution in [0.2, 0.25) is 0 Å². The number of nitrogens with zero attached hydrogens (tertiary/aromatic N) is 1. The second-order valence-electron chi connectivity index (χ2n) is 7.08. The summed E-state index contributed by atoms with van der Waals surface area (Å²) in [4.78, 5) is 12.6. The minimum absolute atomic E-state index is 0.473. The highest BCUT2D eigenvalue weighted by Gasteiger charge is 2.37. The van der Waals surface area contributed by atoms with Gasteiger partial charge in [-0.25, -0.2) is 0 Å². The second-order valence-corrected chi connectivity index (χ2v) is 7.08. The zero-order valence-corrected chi connectivity index (χ0v) is 16.3. The van der Waals surface area contributed by atoms with Crippen LogP contribution in [0.5, 0.6) is 5.75 Å². The van der Waals surface area contributed by atoms with E-state index in [1.54, 1.807) is 6.07 Å². The number of allylic oxidation sites excluding steroid dienone is 2. The topological polar surface area (TPSA) is 71.3 Å². The molecule has 11 heteroatoms. The smallest absolute Gasteiger partial charge is 0.489 e. The van der Waals surface area contributed by atoms with Gasteiger partial charge in [0.2, 0.25) is 5.91 Å². The molecule has 31 heavy (non-hydrogen) atoms. The van der Waals surface area contributed by atoms with E-state index in [9.17, 15) is 36.4 Å². The molecule has 2 rings (SSSR count). The Hall–Kier alpha value is -3.16. The summed E-state index contributed by atoms with van der Waals surface area (Å²) in [7, 11) is 0. The normalized spacial score (nSPS) is 20.8. The first-order valence-electron chi connectivity index (χ1n) is 8.92. The van der Waals surface area contributed by atoms with Crippen LogP contribution in [0.3, 0.4) is 0 Å². The Kier molecular flexibility index (Phi) is 6.93. The Bertz CT molecular complexity index is 917. The molecule has 0 saturated heterocycles. The van der Waals surface area contributed by atoms with Crippen LogP contribution in [0.15, 0.2) is 48.3 Å². The van der Waals surface area contributed by atoms with E-state index < -0.39 is 59.5 Å². The van der Waals surface area contributed by atoms with Gasteiger partial charge in [0.05, 0.1) is 17.6 Å². The fraction of sp³-hybridized carbons (Fsp3) is 0.400. The number of benzene rings is 1. The molecule has 3 atom stereocenters. The van der Waals surface area contributed by atoms with Crippen molar-refractivity contribution in [1.82, 2.24) is 5.32 Å². The van der Waals surface area contributed by atoms with E-state index in [1.165, 1.54) is 32.1 Å². The van der Waals surface area contributed by atoms with E-state index in [-0.39, 0.29) is 0 Å². The first-order valence-corrected chi connectivity index (χ1v) is 8.92. The second kappa shape index (κ2) is 8.91. The Morgan fingerprint density at radius 2 is 1.84 bits per heavy atom. The number of para-hydroxylation sites is 1. The SMILES string of the molecule is CC1C=C(OC(F)(F)F)C=CC1C(=O)NC(C)(C#N)COc1ccccc1C(F)(F)F. The maximum Gasteiger partial charge on any atom is 0.573 e. The zero-order valence-electron chi connectivity index (χ0n) is 16.3. The summed E-state index contributed by atoms with van der Waals surface area (Å²) in [5.41, 5.74) is -2.73. The molecule has 0 heterocycles. The minimum atomic E-state index is -4.88. The molecule has 1 N–H and O–H groups in total. The van der Waals surface area contributed by atoms with E-state index in [0.717, 1.165) is 24.3 Å². The van der Waals surface area contributed by atoms with Gasteiger partial charge in [-0.3, -0.25) is 4.79 Å². The van der Waals surface area contributed by atoms with E-state index in [4.69, 9.17) is 4.74 Å². The van der Waals surface area contributed by atoms with Gasteiger partial charge in [0.15, 0.2) is 5.54 Å². The summed E-state index contributed by atoms with van der Waals surface area (Å²) in [6.45, 7) is 2.14. The van der Waals surface area contributed by atoms with Gasteiger partial charge in [-0.1, -0.05) is 25.1 Å². The van der Waals surface area contributed by atoms with Gasteiger partial charge >= 0.3 is 12.5 Å². The van der Waals surface area contributed by atoms with Gasteiger partial charge in [-0.05, 0) is 37.1 Å². The van der Waals surface area contributed by atoms with Crippen LogP contribution in [0.4, 0.5) is 26.3 Å². The highest BCUT2D eigenvalue weighted by atomic mass is 19.4. The summed E-state index contributed by atoms with van der Waals surface area (Å²) < 4.78 is 85.2. The van der Waals surface area contributed by atoms with Crippen molar-refractivity contribution < 1.29 is 40.6 Å². The molecular weight excluding hydrogens is 430 g/mol. The van der Waals surface area contributed by atoms with Gasteiger partial charge in [-0.15, -0.1) is 13.2 Å². The van der Waals surface area contributed by atoms with Crippen molar-refractivity contribution in [3.05, 3.63) is 53.8 Å². The molecule has 3 unspecified atom stereocenters.